The van der Waals surface area contributed by atoms with Crippen molar-refractivity contribution in [3.63, 3.8) is 0 Å². The fourth-order valence-electron chi connectivity index (χ4n) is 1.52. The number of Topliss-reactive ketones (excluding diaryl/α,β-unsaturated/α-hetero) is 1. The van der Waals surface area contributed by atoms with E-state index in [2.05, 4.69) is 0 Å². The van der Waals surface area contributed by atoms with Crippen molar-refractivity contribution in [3.05, 3.63) is 40.5 Å². The monoisotopic (exact) mass is 245 g/mol. The Morgan fingerprint density at radius 2 is 1.78 bits per heavy atom. The summed E-state index contributed by atoms with van der Waals surface area (Å²) in [5.41, 5.74) is 3.28. The first-order valence-corrected chi connectivity index (χ1v) is 5.84. The van der Waals surface area contributed by atoms with Gasteiger partial charge in [-0.25, -0.2) is 0 Å². The Bertz CT molecular complexity index is 513. The van der Waals surface area contributed by atoms with Gasteiger partial charge in [-0.15, -0.1) is 0 Å². The molecule has 0 aromatic heterocycles. The first-order chi connectivity index (χ1) is 8.32. The van der Waals surface area contributed by atoms with E-state index in [9.17, 15) is 9.59 Å². The average Bonchev–Trinajstić information content (AvgIpc) is 2.30. The molecule has 1 rings (SSSR count). The normalized spacial score (nSPS) is 11.3. The first kappa shape index (κ1) is 14.2. The Morgan fingerprint density at radius 1 is 1.17 bits per heavy atom. The van der Waals surface area contributed by atoms with Gasteiger partial charge >= 0.3 is 0 Å². The fourth-order valence-corrected chi connectivity index (χ4v) is 1.52. The molecule has 0 saturated carbocycles. The highest BCUT2D eigenvalue weighted by Crippen LogP contribution is 2.16. The molecular weight excluding hydrogens is 226 g/mol. The van der Waals surface area contributed by atoms with Gasteiger partial charge in [-0.1, -0.05) is 6.07 Å². The number of rotatable bonds is 3. The minimum absolute atomic E-state index is 0.0369. The van der Waals surface area contributed by atoms with Crippen molar-refractivity contribution in [3.8, 4) is 0 Å². The van der Waals surface area contributed by atoms with Gasteiger partial charge in [0, 0.05) is 19.7 Å². The Kier molecular flexibility index (Phi) is 4.43. The van der Waals surface area contributed by atoms with E-state index in [1.54, 1.807) is 27.1 Å². The van der Waals surface area contributed by atoms with Crippen molar-refractivity contribution in [1.82, 2.24) is 4.90 Å². The lowest BCUT2D eigenvalue weighted by atomic mass is 10.0. The van der Waals surface area contributed by atoms with Gasteiger partial charge in [0.05, 0.1) is 0 Å². The average molecular weight is 245 g/mol. The summed E-state index contributed by atoms with van der Waals surface area (Å²) in [6.07, 6.45) is 1.82. The van der Waals surface area contributed by atoms with Gasteiger partial charge in [-0.05, 0) is 55.7 Å². The molecule has 0 unspecified atom stereocenters. The maximum absolute atomic E-state index is 11.9. The number of hydrogen-bond donors (Lipinski definition) is 0. The highest BCUT2D eigenvalue weighted by atomic mass is 16.2. The number of benzene rings is 1. The molecule has 0 bridgehead atoms. The fraction of sp³-hybridized carbons (Fsp3) is 0.333. The SMILES string of the molecule is CC(=O)/C(C)=C/c1cc(C(=O)N(C)C)ccc1C. The standard InChI is InChI=1S/C15H19NO2/c1-10-6-7-13(15(18)16(4)5)9-14(10)8-11(2)12(3)17/h6-9H,1-5H3/b11-8+. The number of nitrogens with zero attached hydrogens (tertiary/aromatic N) is 1. The van der Waals surface area contributed by atoms with Gasteiger partial charge in [-0.3, -0.25) is 9.59 Å². The first-order valence-electron chi connectivity index (χ1n) is 5.84. The van der Waals surface area contributed by atoms with Gasteiger partial charge < -0.3 is 4.90 Å². The summed E-state index contributed by atoms with van der Waals surface area (Å²) in [4.78, 5) is 24.6. The van der Waals surface area contributed by atoms with Crippen LogP contribution < -0.4 is 0 Å². The summed E-state index contributed by atoms with van der Waals surface area (Å²) < 4.78 is 0. The molecule has 0 saturated heterocycles. The van der Waals surface area contributed by atoms with Gasteiger partial charge in [0.1, 0.15) is 0 Å². The van der Waals surface area contributed by atoms with Crippen LogP contribution in [-0.2, 0) is 4.79 Å². The molecule has 3 heteroatoms. The Hall–Kier alpha value is -1.90. The molecule has 1 aromatic carbocycles. The second-order valence-electron chi connectivity index (χ2n) is 4.65. The van der Waals surface area contributed by atoms with Crippen molar-refractivity contribution in [2.75, 3.05) is 14.1 Å². The Morgan fingerprint density at radius 3 is 2.28 bits per heavy atom. The van der Waals surface area contributed by atoms with Crippen LogP contribution in [0.15, 0.2) is 23.8 Å². The molecular formula is C15H19NO2. The minimum Gasteiger partial charge on any atom is -0.345 e. The van der Waals surface area contributed by atoms with Crippen molar-refractivity contribution >= 4 is 17.8 Å². The van der Waals surface area contributed by atoms with Crippen LogP contribution >= 0.6 is 0 Å². The minimum atomic E-state index is -0.0369. The Balaban J connectivity index is 3.21. The van der Waals surface area contributed by atoms with Crippen molar-refractivity contribution in [2.45, 2.75) is 20.8 Å². The number of amides is 1. The van der Waals surface area contributed by atoms with Crippen LogP contribution in [0.1, 0.15) is 35.3 Å². The summed E-state index contributed by atoms with van der Waals surface area (Å²) in [5.74, 6) is 0.00358. The quantitative estimate of drug-likeness (QED) is 0.768. The largest absolute Gasteiger partial charge is 0.345 e. The van der Waals surface area contributed by atoms with Gasteiger partial charge in [0.25, 0.3) is 5.91 Å². The van der Waals surface area contributed by atoms with E-state index in [0.29, 0.717) is 11.1 Å². The zero-order valence-electron chi connectivity index (χ0n) is 11.6. The molecule has 0 aliphatic heterocycles. The third kappa shape index (κ3) is 3.29. The molecule has 1 aromatic rings. The van der Waals surface area contributed by atoms with Gasteiger partial charge in [0.15, 0.2) is 5.78 Å². The lowest BCUT2D eigenvalue weighted by Crippen LogP contribution is -2.21. The predicted octanol–water partition coefficient (Wildman–Crippen LogP) is 2.69. The lowest BCUT2D eigenvalue weighted by Gasteiger charge is -2.11. The molecule has 0 aliphatic rings. The molecule has 18 heavy (non-hydrogen) atoms. The number of carbonyl (C=O) groups is 2. The molecule has 0 fully saturated rings. The van der Waals surface area contributed by atoms with E-state index < -0.39 is 0 Å². The van der Waals surface area contributed by atoms with Crippen LogP contribution in [0.25, 0.3) is 6.08 Å². The summed E-state index contributed by atoms with van der Waals surface area (Å²) in [5, 5.41) is 0. The number of hydrogen-bond acceptors (Lipinski definition) is 2. The molecule has 0 radical (unpaired) electrons. The van der Waals surface area contributed by atoms with Crippen LogP contribution in [0, 0.1) is 6.92 Å². The zero-order chi connectivity index (χ0) is 13.9. The van der Waals surface area contributed by atoms with Crippen molar-refractivity contribution < 1.29 is 9.59 Å². The van der Waals surface area contributed by atoms with Crippen LogP contribution in [0.3, 0.4) is 0 Å². The molecule has 0 N–H and O–H groups in total. The predicted molar refractivity (Wildman–Crippen MR) is 73.5 cm³/mol. The molecule has 96 valence electrons. The third-order valence-corrected chi connectivity index (χ3v) is 2.86. The van der Waals surface area contributed by atoms with E-state index in [0.717, 1.165) is 11.1 Å². The van der Waals surface area contributed by atoms with E-state index in [4.69, 9.17) is 0 Å². The number of aryl methyl sites for hydroxylation is 1. The summed E-state index contributed by atoms with van der Waals surface area (Å²) in [6.45, 7) is 5.28. The zero-order valence-corrected chi connectivity index (χ0v) is 11.6. The second kappa shape index (κ2) is 5.63. The summed E-state index contributed by atoms with van der Waals surface area (Å²) in [6, 6.07) is 5.53. The number of ketones is 1. The molecule has 3 nitrogen and oxygen atoms in total. The highest BCUT2D eigenvalue weighted by Gasteiger charge is 2.09. The summed E-state index contributed by atoms with van der Waals surface area (Å²) in [7, 11) is 3.44. The van der Waals surface area contributed by atoms with Crippen LogP contribution in [0.5, 0.6) is 0 Å². The molecule has 0 spiro atoms. The van der Waals surface area contributed by atoms with E-state index >= 15 is 0 Å². The van der Waals surface area contributed by atoms with E-state index in [1.165, 1.54) is 11.8 Å². The lowest BCUT2D eigenvalue weighted by molar-refractivity contribution is -0.113. The van der Waals surface area contributed by atoms with Crippen molar-refractivity contribution in [2.24, 2.45) is 0 Å². The second-order valence-corrected chi connectivity index (χ2v) is 4.65. The smallest absolute Gasteiger partial charge is 0.253 e. The van der Waals surface area contributed by atoms with E-state index in [1.807, 2.05) is 25.1 Å². The maximum atomic E-state index is 11.9. The topological polar surface area (TPSA) is 37.4 Å². The van der Waals surface area contributed by atoms with Crippen LogP contribution in [0.4, 0.5) is 0 Å². The van der Waals surface area contributed by atoms with E-state index in [-0.39, 0.29) is 11.7 Å². The molecule has 0 heterocycles. The van der Waals surface area contributed by atoms with Crippen LogP contribution in [-0.4, -0.2) is 30.7 Å². The molecule has 0 atom stereocenters. The third-order valence-electron chi connectivity index (χ3n) is 2.86. The Labute approximate surface area is 108 Å². The number of allylic oxidation sites excluding steroid dienone is 1. The van der Waals surface area contributed by atoms with Gasteiger partial charge in [-0.2, -0.15) is 0 Å². The molecule has 0 aliphatic carbocycles. The highest BCUT2D eigenvalue weighted by molar-refractivity contribution is 5.98. The summed E-state index contributed by atoms with van der Waals surface area (Å²) >= 11 is 0. The molecule has 1 amide bonds. The van der Waals surface area contributed by atoms with Crippen LogP contribution in [0.2, 0.25) is 0 Å². The van der Waals surface area contributed by atoms with Gasteiger partial charge in [0.2, 0.25) is 0 Å². The maximum Gasteiger partial charge on any atom is 0.253 e. The number of carbonyl (C=O) groups excluding carboxylic acids is 2. The van der Waals surface area contributed by atoms with Crippen molar-refractivity contribution in [1.29, 1.82) is 0 Å².